The van der Waals surface area contributed by atoms with E-state index in [0.717, 1.165) is 11.3 Å². The Balaban J connectivity index is 1.77. The number of carbonyl (C=O) groups excluding carboxylic acids is 1. The maximum atomic E-state index is 11.6. The molecule has 1 amide bonds. The maximum absolute atomic E-state index is 11.6. The zero-order valence-corrected chi connectivity index (χ0v) is 11.3. The van der Waals surface area contributed by atoms with Gasteiger partial charge in [0.1, 0.15) is 0 Å². The average molecular weight is 289 g/mol. The Morgan fingerprint density at radius 2 is 2.25 bits per heavy atom. The summed E-state index contributed by atoms with van der Waals surface area (Å²) in [5.41, 5.74) is 4.02. The first-order valence-corrected chi connectivity index (χ1v) is 6.33. The Morgan fingerprint density at radius 3 is 3.00 bits per heavy atom. The molecule has 0 aliphatic rings. The lowest BCUT2D eigenvalue weighted by atomic mass is 10.3. The van der Waals surface area contributed by atoms with Crippen molar-refractivity contribution in [1.82, 2.24) is 10.4 Å². The number of anilines is 1. The number of hydrogen-bond donors (Lipinski definition) is 2. The van der Waals surface area contributed by atoms with Gasteiger partial charge in [0.2, 0.25) is 0 Å². The van der Waals surface area contributed by atoms with E-state index in [4.69, 9.17) is 11.6 Å². The van der Waals surface area contributed by atoms with E-state index in [1.165, 1.54) is 6.21 Å². The van der Waals surface area contributed by atoms with Crippen LogP contribution in [0.15, 0.2) is 53.9 Å². The predicted molar refractivity (Wildman–Crippen MR) is 79.9 cm³/mol. The van der Waals surface area contributed by atoms with Crippen LogP contribution in [0.2, 0.25) is 5.02 Å². The third-order valence-corrected chi connectivity index (χ3v) is 2.60. The van der Waals surface area contributed by atoms with Crippen LogP contribution in [0, 0.1) is 0 Å². The zero-order valence-electron chi connectivity index (χ0n) is 10.6. The fourth-order valence-electron chi connectivity index (χ4n) is 1.45. The molecule has 0 bridgehead atoms. The second-order valence-electron chi connectivity index (χ2n) is 3.94. The molecule has 1 aromatic carbocycles. The van der Waals surface area contributed by atoms with Crippen LogP contribution in [0.4, 0.5) is 5.69 Å². The molecule has 0 aliphatic carbocycles. The number of hydrogen-bond acceptors (Lipinski definition) is 4. The van der Waals surface area contributed by atoms with Crippen LogP contribution in [0.5, 0.6) is 0 Å². The van der Waals surface area contributed by atoms with Crippen molar-refractivity contribution in [3.63, 3.8) is 0 Å². The van der Waals surface area contributed by atoms with E-state index in [9.17, 15) is 4.79 Å². The summed E-state index contributed by atoms with van der Waals surface area (Å²) in [5.74, 6) is -0.245. The standard InChI is InChI=1S/C14H13ClN4O/c15-12-4-1-5-13(7-12)17-10-14(20)19-18-9-11-3-2-6-16-8-11/h1-9,17H,10H2,(H,19,20)/b18-9+. The number of hydrazone groups is 1. The number of carbonyl (C=O) groups is 1. The van der Waals surface area contributed by atoms with Crippen molar-refractivity contribution in [3.8, 4) is 0 Å². The van der Waals surface area contributed by atoms with Crippen molar-refractivity contribution in [1.29, 1.82) is 0 Å². The third-order valence-electron chi connectivity index (χ3n) is 2.36. The van der Waals surface area contributed by atoms with Gasteiger partial charge >= 0.3 is 0 Å². The van der Waals surface area contributed by atoms with Crippen LogP contribution in [0.1, 0.15) is 5.56 Å². The summed E-state index contributed by atoms with van der Waals surface area (Å²) in [6, 6.07) is 10.8. The number of amides is 1. The van der Waals surface area contributed by atoms with Gasteiger partial charge in [-0.1, -0.05) is 23.7 Å². The number of benzene rings is 1. The molecule has 20 heavy (non-hydrogen) atoms. The summed E-state index contributed by atoms with van der Waals surface area (Å²) in [6.07, 6.45) is 4.86. The summed E-state index contributed by atoms with van der Waals surface area (Å²) < 4.78 is 0. The van der Waals surface area contributed by atoms with Crippen LogP contribution in [-0.2, 0) is 4.79 Å². The third kappa shape index (κ3) is 4.70. The van der Waals surface area contributed by atoms with Gasteiger partial charge in [0, 0.05) is 28.7 Å². The quantitative estimate of drug-likeness (QED) is 0.655. The van der Waals surface area contributed by atoms with Crippen molar-refractivity contribution < 1.29 is 4.79 Å². The number of nitrogens with zero attached hydrogens (tertiary/aromatic N) is 2. The van der Waals surface area contributed by atoms with Gasteiger partial charge in [0.15, 0.2) is 0 Å². The number of aromatic nitrogens is 1. The molecule has 0 radical (unpaired) electrons. The van der Waals surface area contributed by atoms with Gasteiger partial charge in [0.05, 0.1) is 12.8 Å². The molecule has 0 unspecified atom stereocenters. The van der Waals surface area contributed by atoms with Gasteiger partial charge < -0.3 is 5.32 Å². The predicted octanol–water partition coefficient (Wildman–Crippen LogP) is 2.30. The molecule has 1 heterocycles. The van der Waals surface area contributed by atoms with Crippen LogP contribution < -0.4 is 10.7 Å². The Kier molecular flexibility index (Phi) is 5.08. The van der Waals surface area contributed by atoms with Gasteiger partial charge in [0.25, 0.3) is 5.91 Å². The van der Waals surface area contributed by atoms with E-state index in [-0.39, 0.29) is 12.5 Å². The fraction of sp³-hybridized carbons (Fsp3) is 0.0714. The molecule has 5 nitrogen and oxygen atoms in total. The largest absolute Gasteiger partial charge is 0.376 e. The van der Waals surface area contributed by atoms with E-state index in [0.29, 0.717) is 5.02 Å². The highest BCUT2D eigenvalue weighted by atomic mass is 35.5. The van der Waals surface area contributed by atoms with Crippen molar-refractivity contribution in [2.45, 2.75) is 0 Å². The van der Waals surface area contributed by atoms with E-state index >= 15 is 0 Å². The minimum absolute atomic E-state index is 0.116. The highest BCUT2D eigenvalue weighted by Gasteiger charge is 1.99. The number of nitrogens with one attached hydrogen (secondary N) is 2. The van der Waals surface area contributed by atoms with E-state index in [1.54, 1.807) is 30.6 Å². The highest BCUT2D eigenvalue weighted by Crippen LogP contribution is 2.14. The molecular weight excluding hydrogens is 276 g/mol. The Morgan fingerprint density at radius 1 is 1.35 bits per heavy atom. The molecule has 2 N–H and O–H groups in total. The summed E-state index contributed by atoms with van der Waals surface area (Å²) in [6.45, 7) is 0.116. The monoisotopic (exact) mass is 288 g/mol. The summed E-state index contributed by atoms with van der Waals surface area (Å²) in [4.78, 5) is 15.5. The molecule has 2 aromatic rings. The number of pyridine rings is 1. The molecule has 0 spiro atoms. The normalized spacial score (nSPS) is 10.4. The Hall–Kier alpha value is -2.40. The van der Waals surface area contributed by atoms with E-state index in [1.807, 2.05) is 18.2 Å². The molecule has 102 valence electrons. The van der Waals surface area contributed by atoms with Crippen LogP contribution in [-0.4, -0.2) is 23.7 Å². The second-order valence-corrected chi connectivity index (χ2v) is 4.38. The Bertz CT molecular complexity index is 601. The fourth-order valence-corrected chi connectivity index (χ4v) is 1.64. The minimum Gasteiger partial charge on any atom is -0.376 e. The molecule has 0 saturated carbocycles. The topological polar surface area (TPSA) is 66.4 Å². The first-order valence-electron chi connectivity index (χ1n) is 5.95. The maximum Gasteiger partial charge on any atom is 0.259 e. The van der Waals surface area contributed by atoms with Gasteiger partial charge in [-0.15, -0.1) is 0 Å². The molecule has 2 rings (SSSR count). The first kappa shape index (κ1) is 14.0. The Labute approximate surface area is 121 Å². The molecular formula is C14H13ClN4O. The second kappa shape index (κ2) is 7.25. The molecule has 0 saturated heterocycles. The van der Waals surface area contributed by atoms with Crippen molar-refractivity contribution in [2.24, 2.45) is 5.10 Å². The lowest BCUT2D eigenvalue weighted by Gasteiger charge is -2.05. The SMILES string of the molecule is O=C(CNc1cccc(Cl)c1)N/N=C/c1cccnc1. The van der Waals surface area contributed by atoms with Crippen molar-refractivity contribution in [3.05, 3.63) is 59.4 Å². The smallest absolute Gasteiger partial charge is 0.259 e. The molecule has 1 aromatic heterocycles. The average Bonchev–Trinajstić information content (AvgIpc) is 2.46. The van der Waals surface area contributed by atoms with E-state index < -0.39 is 0 Å². The molecule has 0 atom stereocenters. The van der Waals surface area contributed by atoms with Crippen LogP contribution in [0.3, 0.4) is 0 Å². The lowest BCUT2D eigenvalue weighted by molar-refractivity contribution is -0.119. The highest BCUT2D eigenvalue weighted by molar-refractivity contribution is 6.30. The van der Waals surface area contributed by atoms with Crippen molar-refractivity contribution in [2.75, 3.05) is 11.9 Å². The van der Waals surface area contributed by atoms with Crippen LogP contribution >= 0.6 is 11.6 Å². The summed E-state index contributed by atoms with van der Waals surface area (Å²) in [7, 11) is 0. The van der Waals surface area contributed by atoms with Gasteiger partial charge in [-0.25, -0.2) is 5.43 Å². The first-order chi connectivity index (χ1) is 9.74. The number of halogens is 1. The molecule has 0 aliphatic heterocycles. The molecule has 6 heteroatoms. The van der Waals surface area contributed by atoms with Crippen LogP contribution in [0.25, 0.3) is 0 Å². The lowest BCUT2D eigenvalue weighted by Crippen LogP contribution is -2.25. The van der Waals surface area contributed by atoms with Gasteiger partial charge in [-0.3, -0.25) is 9.78 Å². The zero-order chi connectivity index (χ0) is 14.2. The van der Waals surface area contributed by atoms with E-state index in [2.05, 4.69) is 20.8 Å². The minimum atomic E-state index is -0.245. The summed E-state index contributed by atoms with van der Waals surface area (Å²) in [5, 5.41) is 7.41. The van der Waals surface area contributed by atoms with Gasteiger partial charge in [-0.05, 0) is 24.3 Å². The molecule has 0 fully saturated rings. The van der Waals surface area contributed by atoms with Gasteiger partial charge in [-0.2, -0.15) is 5.10 Å². The number of rotatable bonds is 5. The summed E-state index contributed by atoms with van der Waals surface area (Å²) >= 11 is 5.84. The van der Waals surface area contributed by atoms with Crippen molar-refractivity contribution >= 4 is 29.4 Å².